The number of methoxy groups -OCH3 is 1. The molecule has 0 amide bonds. The Morgan fingerprint density at radius 3 is 2.73 bits per heavy atom. The van der Waals surface area contributed by atoms with E-state index < -0.39 is 23.9 Å². The van der Waals surface area contributed by atoms with E-state index in [9.17, 15) is 9.59 Å². The third-order valence-electron chi connectivity index (χ3n) is 5.27. The maximum Gasteiger partial charge on any atom is 0.337 e. The smallest absolute Gasteiger partial charge is 0.337 e. The highest BCUT2D eigenvalue weighted by Gasteiger charge is 2.40. The van der Waals surface area contributed by atoms with Crippen LogP contribution < -0.4 is 4.74 Å². The number of benzene rings is 2. The van der Waals surface area contributed by atoms with Crippen LogP contribution in [0.15, 0.2) is 53.5 Å². The van der Waals surface area contributed by atoms with Crippen molar-refractivity contribution in [3.63, 3.8) is 0 Å². The molecule has 0 N–H and O–H groups in total. The Balaban J connectivity index is 1.60. The predicted octanol–water partition coefficient (Wildman–Crippen LogP) is 2.91. The Hall–Kier alpha value is -4.08. The summed E-state index contributed by atoms with van der Waals surface area (Å²) >= 11 is 0. The first-order valence-electron chi connectivity index (χ1n) is 10.4. The van der Waals surface area contributed by atoms with E-state index >= 15 is 0 Å². The second-order valence-corrected chi connectivity index (χ2v) is 7.40. The van der Waals surface area contributed by atoms with Crippen LogP contribution in [0.5, 0.6) is 5.75 Å². The Kier molecular flexibility index (Phi) is 6.43. The average Bonchev–Trinajstić information content (AvgIpc) is 3.29. The van der Waals surface area contributed by atoms with Crippen LogP contribution in [0.2, 0.25) is 0 Å². The lowest BCUT2D eigenvalue weighted by Crippen LogP contribution is -2.37. The van der Waals surface area contributed by atoms with Crippen molar-refractivity contribution >= 4 is 23.6 Å². The van der Waals surface area contributed by atoms with Gasteiger partial charge in [-0.1, -0.05) is 29.4 Å². The molecule has 10 nitrogen and oxygen atoms in total. The number of ether oxygens (including phenoxy) is 3. The van der Waals surface area contributed by atoms with Gasteiger partial charge in [0.2, 0.25) is 0 Å². The van der Waals surface area contributed by atoms with Gasteiger partial charge in [-0.2, -0.15) is 0 Å². The fourth-order valence-corrected chi connectivity index (χ4v) is 3.77. The highest BCUT2D eigenvalue weighted by molar-refractivity contribution is 6.03. The third-order valence-corrected chi connectivity index (χ3v) is 5.27. The standard InChI is InChI=1S/C23H23N5O5/c1-4-32-22(30)19-14(2)24-23-25-26-27-28(23)20(19)16-8-6-10-18(12-16)33-13-15-7-5-9-17(11-15)21(29)31-3/h5-12,19-20H,4,13H2,1-3H3. The van der Waals surface area contributed by atoms with E-state index in [2.05, 4.69) is 20.5 Å². The lowest BCUT2D eigenvalue weighted by Gasteiger charge is -2.29. The molecule has 4 rings (SSSR count). The molecule has 2 unspecified atom stereocenters. The molecule has 0 radical (unpaired) electrons. The Morgan fingerprint density at radius 1 is 1.12 bits per heavy atom. The molecule has 0 saturated carbocycles. The maximum atomic E-state index is 12.8. The monoisotopic (exact) mass is 449 g/mol. The summed E-state index contributed by atoms with van der Waals surface area (Å²) in [5.41, 5.74) is 2.62. The van der Waals surface area contributed by atoms with Gasteiger partial charge in [-0.15, -0.1) is 0 Å². The molecule has 2 atom stereocenters. The maximum absolute atomic E-state index is 12.8. The first-order chi connectivity index (χ1) is 16.0. The number of rotatable bonds is 7. The molecule has 0 saturated heterocycles. The molecule has 33 heavy (non-hydrogen) atoms. The molecule has 0 bridgehead atoms. The van der Waals surface area contributed by atoms with Crippen LogP contribution in [0.25, 0.3) is 0 Å². The normalized spacial score (nSPS) is 17.0. The van der Waals surface area contributed by atoms with E-state index in [4.69, 9.17) is 14.2 Å². The number of aliphatic imine (C=N–C) groups is 1. The van der Waals surface area contributed by atoms with Crippen LogP contribution >= 0.6 is 0 Å². The Labute approximate surface area is 190 Å². The highest BCUT2D eigenvalue weighted by atomic mass is 16.5. The number of aromatic nitrogens is 4. The summed E-state index contributed by atoms with van der Waals surface area (Å²) < 4.78 is 17.6. The molecule has 0 fully saturated rings. The van der Waals surface area contributed by atoms with Gasteiger partial charge in [0.25, 0.3) is 5.95 Å². The number of carbonyl (C=O) groups excluding carboxylic acids is 2. The molecular weight excluding hydrogens is 426 g/mol. The first kappa shape index (κ1) is 22.1. The quantitative estimate of drug-likeness (QED) is 0.505. The van der Waals surface area contributed by atoms with Crippen molar-refractivity contribution in [2.75, 3.05) is 13.7 Å². The van der Waals surface area contributed by atoms with E-state index in [0.717, 1.165) is 11.1 Å². The number of nitrogens with zero attached hydrogens (tertiary/aromatic N) is 5. The van der Waals surface area contributed by atoms with Crippen LogP contribution in [-0.2, 0) is 20.9 Å². The summed E-state index contributed by atoms with van der Waals surface area (Å²) in [5, 5.41) is 11.7. The van der Waals surface area contributed by atoms with Gasteiger partial charge in [0, 0.05) is 5.71 Å². The fourth-order valence-electron chi connectivity index (χ4n) is 3.77. The molecule has 10 heteroatoms. The fraction of sp³-hybridized carbons (Fsp3) is 0.304. The molecular formula is C23H23N5O5. The first-order valence-corrected chi connectivity index (χ1v) is 10.4. The van der Waals surface area contributed by atoms with Crippen molar-refractivity contribution in [3.05, 3.63) is 65.2 Å². The molecule has 1 aromatic heterocycles. The predicted molar refractivity (Wildman–Crippen MR) is 117 cm³/mol. The lowest BCUT2D eigenvalue weighted by molar-refractivity contribution is -0.146. The zero-order valence-electron chi connectivity index (χ0n) is 18.5. The Bertz CT molecular complexity index is 1210. The van der Waals surface area contributed by atoms with Gasteiger partial charge in [-0.25, -0.2) is 14.5 Å². The van der Waals surface area contributed by atoms with Crippen molar-refractivity contribution in [2.45, 2.75) is 26.5 Å². The average molecular weight is 449 g/mol. The largest absolute Gasteiger partial charge is 0.489 e. The van der Waals surface area contributed by atoms with Crippen LogP contribution in [0.4, 0.5) is 5.95 Å². The summed E-state index contributed by atoms with van der Waals surface area (Å²) in [5.74, 6) is -0.559. The van der Waals surface area contributed by atoms with Crippen LogP contribution in [0.1, 0.15) is 41.4 Å². The number of esters is 2. The third kappa shape index (κ3) is 4.59. The number of hydrogen-bond acceptors (Lipinski definition) is 9. The number of hydrogen-bond donors (Lipinski definition) is 0. The Morgan fingerprint density at radius 2 is 1.94 bits per heavy atom. The van der Waals surface area contributed by atoms with Crippen molar-refractivity contribution in [2.24, 2.45) is 10.9 Å². The van der Waals surface area contributed by atoms with Crippen molar-refractivity contribution < 1.29 is 23.8 Å². The van der Waals surface area contributed by atoms with E-state index in [1.165, 1.54) is 11.8 Å². The molecule has 1 aliphatic rings. The number of fused-ring (bicyclic) bond motifs is 1. The zero-order chi connectivity index (χ0) is 23.4. The van der Waals surface area contributed by atoms with Gasteiger partial charge in [0.1, 0.15) is 24.3 Å². The van der Waals surface area contributed by atoms with Crippen LogP contribution in [0, 0.1) is 5.92 Å². The zero-order valence-corrected chi connectivity index (χ0v) is 18.5. The van der Waals surface area contributed by atoms with E-state index in [1.54, 1.807) is 32.0 Å². The van der Waals surface area contributed by atoms with Gasteiger partial charge < -0.3 is 14.2 Å². The van der Waals surface area contributed by atoms with Crippen molar-refractivity contribution in [1.82, 2.24) is 20.2 Å². The second-order valence-electron chi connectivity index (χ2n) is 7.40. The van der Waals surface area contributed by atoms with Gasteiger partial charge in [-0.3, -0.25) is 4.79 Å². The summed E-state index contributed by atoms with van der Waals surface area (Å²) in [6.45, 7) is 4.03. The molecule has 2 heterocycles. The summed E-state index contributed by atoms with van der Waals surface area (Å²) in [7, 11) is 1.34. The summed E-state index contributed by atoms with van der Waals surface area (Å²) in [6.07, 6.45) is 0. The highest BCUT2D eigenvalue weighted by Crippen LogP contribution is 2.36. The number of carbonyl (C=O) groups is 2. The van der Waals surface area contributed by atoms with Gasteiger partial charge in [0.15, 0.2) is 0 Å². The molecule has 170 valence electrons. The molecule has 0 aliphatic carbocycles. The topological polar surface area (TPSA) is 118 Å². The van der Waals surface area contributed by atoms with Gasteiger partial charge in [-0.05, 0) is 59.7 Å². The van der Waals surface area contributed by atoms with Crippen LogP contribution in [0.3, 0.4) is 0 Å². The van der Waals surface area contributed by atoms with Gasteiger partial charge >= 0.3 is 11.9 Å². The summed E-state index contributed by atoms with van der Waals surface area (Å²) in [6, 6.07) is 13.9. The second kappa shape index (κ2) is 9.60. The minimum Gasteiger partial charge on any atom is -0.489 e. The SMILES string of the molecule is CCOC(=O)C1C(C)=Nc2nnnn2C1c1cccc(OCc2cccc(C(=O)OC)c2)c1. The number of tetrazole rings is 1. The molecule has 1 aliphatic heterocycles. The molecule has 0 spiro atoms. The minimum atomic E-state index is -0.673. The minimum absolute atomic E-state index is 0.247. The van der Waals surface area contributed by atoms with E-state index in [1.807, 2.05) is 30.3 Å². The van der Waals surface area contributed by atoms with Gasteiger partial charge in [0.05, 0.1) is 19.3 Å². The summed E-state index contributed by atoms with van der Waals surface area (Å²) in [4.78, 5) is 28.9. The van der Waals surface area contributed by atoms with E-state index in [-0.39, 0.29) is 13.2 Å². The molecule has 3 aromatic rings. The van der Waals surface area contributed by atoms with Crippen molar-refractivity contribution in [1.29, 1.82) is 0 Å². The lowest BCUT2D eigenvalue weighted by atomic mass is 9.88. The van der Waals surface area contributed by atoms with E-state index in [0.29, 0.717) is 23.0 Å². The molecule has 2 aromatic carbocycles. The van der Waals surface area contributed by atoms with Crippen molar-refractivity contribution in [3.8, 4) is 5.75 Å². The van der Waals surface area contributed by atoms with Crippen LogP contribution in [-0.4, -0.2) is 51.6 Å².